The molecule has 2 aromatic carbocycles. The van der Waals surface area contributed by atoms with Crippen molar-refractivity contribution in [2.24, 2.45) is 0 Å². The summed E-state index contributed by atoms with van der Waals surface area (Å²) < 4.78 is 19.9. The van der Waals surface area contributed by atoms with Gasteiger partial charge in [0.25, 0.3) is 0 Å². The fourth-order valence-corrected chi connectivity index (χ4v) is 4.96. The van der Waals surface area contributed by atoms with Crippen LogP contribution in [0.3, 0.4) is 0 Å². The van der Waals surface area contributed by atoms with Crippen LogP contribution in [0.5, 0.6) is 5.75 Å². The minimum Gasteiger partial charge on any atom is -0.496 e. The molecular formula is C22H26FNO2. The maximum absolute atomic E-state index is 14.3. The van der Waals surface area contributed by atoms with Crippen LogP contribution in [-0.4, -0.2) is 29.2 Å². The second-order valence-corrected chi connectivity index (χ2v) is 7.74. The lowest BCUT2D eigenvalue weighted by Gasteiger charge is -2.44. The van der Waals surface area contributed by atoms with E-state index in [1.54, 1.807) is 19.2 Å². The molecule has 1 unspecified atom stereocenters. The zero-order chi connectivity index (χ0) is 18.3. The summed E-state index contributed by atoms with van der Waals surface area (Å²) in [5.41, 5.74) is 1.70. The van der Waals surface area contributed by atoms with Crippen molar-refractivity contribution in [1.82, 2.24) is 4.90 Å². The molecule has 138 valence electrons. The van der Waals surface area contributed by atoms with Gasteiger partial charge in [0.15, 0.2) is 0 Å². The number of hydrogen-bond acceptors (Lipinski definition) is 3. The van der Waals surface area contributed by atoms with Gasteiger partial charge in [0.2, 0.25) is 0 Å². The largest absolute Gasteiger partial charge is 0.496 e. The molecule has 0 saturated carbocycles. The number of halogens is 1. The number of fused-ring (bicyclic) bond motifs is 2. The third-order valence-electron chi connectivity index (χ3n) is 6.14. The van der Waals surface area contributed by atoms with Crippen molar-refractivity contribution in [2.45, 2.75) is 56.8 Å². The van der Waals surface area contributed by atoms with Gasteiger partial charge in [-0.15, -0.1) is 0 Å². The van der Waals surface area contributed by atoms with E-state index in [9.17, 15) is 9.50 Å². The molecule has 0 aromatic heterocycles. The van der Waals surface area contributed by atoms with Crippen molar-refractivity contribution in [1.29, 1.82) is 0 Å². The van der Waals surface area contributed by atoms with E-state index in [4.69, 9.17) is 4.74 Å². The first kappa shape index (κ1) is 17.5. The highest BCUT2D eigenvalue weighted by Gasteiger charge is 2.49. The molecule has 4 rings (SSSR count). The van der Waals surface area contributed by atoms with Crippen molar-refractivity contribution >= 4 is 0 Å². The van der Waals surface area contributed by atoms with Crippen molar-refractivity contribution < 1.29 is 14.2 Å². The Labute approximate surface area is 154 Å². The van der Waals surface area contributed by atoms with E-state index < -0.39 is 5.60 Å². The highest BCUT2D eigenvalue weighted by molar-refractivity contribution is 5.41. The number of rotatable bonds is 4. The number of aliphatic hydroxyl groups is 1. The van der Waals surface area contributed by atoms with Crippen molar-refractivity contribution in [2.75, 3.05) is 7.11 Å². The lowest BCUT2D eigenvalue weighted by atomic mass is 9.80. The van der Waals surface area contributed by atoms with Crippen LogP contribution >= 0.6 is 0 Å². The second kappa shape index (κ2) is 6.67. The smallest absolute Gasteiger partial charge is 0.129 e. The summed E-state index contributed by atoms with van der Waals surface area (Å²) in [4.78, 5) is 2.48. The van der Waals surface area contributed by atoms with E-state index in [-0.39, 0.29) is 17.9 Å². The molecule has 1 N–H and O–H groups in total. The molecule has 26 heavy (non-hydrogen) atoms. The molecule has 4 heteroatoms. The van der Waals surface area contributed by atoms with Crippen LogP contribution in [0.4, 0.5) is 4.39 Å². The Kier molecular flexibility index (Phi) is 4.49. The minimum absolute atomic E-state index is 0.267. The highest BCUT2D eigenvalue weighted by atomic mass is 19.1. The lowest BCUT2D eigenvalue weighted by molar-refractivity contribution is -0.0616. The predicted molar refractivity (Wildman–Crippen MR) is 99.6 cm³/mol. The van der Waals surface area contributed by atoms with Gasteiger partial charge in [-0.1, -0.05) is 36.4 Å². The lowest BCUT2D eigenvalue weighted by Crippen LogP contribution is -2.49. The van der Waals surface area contributed by atoms with E-state index in [0.717, 1.165) is 30.7 Å². The SMILES string of the molecule is COc1c(C)cccc1CN1[C@@H]2CC[C@H]1CC(O)(c1ccccc1F)C2. The molecular weight excluding hydrogens is 329 g/mol. The molecule has 2 bridgehead atoms. The third-order valence-corrected chi connectivity index (χ3v) is 6.14. The number of nitrogens with zero attached hydrogens (tertiary/aromatic N) is 1. The zero-order valence-electron chi connectivity index (χ0n) is 15.4. The van der Waals surface area contributed by atoms with Gasteiger partial charge < -0.3 is 9.84 Å². The summed E-state index contributed by atoms with van der Waals surface area (Å²) in [5.74, 6) is 0.644. The molecule has 0 radical (unpaired) electrons. The Morgan fingerprint density at radius 3 is 2.46 bits per heavy atom. The third kappa shape index (κ3) is 2.91. The van der Waals surface area contributed by atoms with E-state index in [2.05, 4.69) is 30.0 Å². The van der Waals surface area contributed by atoms with Crippen LogP contribution in [0.2, 0.25) is 0 Å². The number of hydrogen-bond donors (Lipinski definition) is 1. The number of methoxy groups -OCH3 is 1. The Morgan fingerprint density at radius 1 is 1.12 bits per heavy atom. The summed E-state index contributed by atoms with van der Waals surface area (Å²) in [6.45, 7) is 2.87. The van der Waals surface area contributed by atoms with Crippen LogP contribution in [0.15, 0.2) is 42.5 Å². The normalized spacial score (nSPS) is 28.3. The average Bonchev–Trinajstić information content (AvgIpc) is 2.86. The van der Waals surface area contributed by atoms with Crippen molar-refractivity contribution in [3.63, 3.8) is 0 Å². The molecule has 3 nitrogen and oxygen atoms in total. The Bertz CT molecular complexity index is 792. The molecule has 0 aliphatic carbocycles. The Hall–Kier alpha value is -1.91. The van der Waals surface area contributed by atoms with Gasteiger partial charge in [-0.3, -0.25) is 4.90 Å². The van der Waals surface area contributed by atoms with Gasteiger partial charge in [0.05, 0.1) is 12.7 Å². The second-order valence-electron chi connectivity index (χ2n) is 7.74. The van der Waals surface area contributed by atoms with Crippen molar-refractivity contribution in [3.8, 4) is 5.75 Å². The van der Waals surface area contributed by atoms with Crippen LogP contribution in [0.25, 0.3) is 0 Å². The van der Waals surface area contributed by atoms with Crippen molar-refractivity contribution in [3.05, 3.63) is 65.0 Å². The molecule has 0 spiro atoms. The van der Waals surface area contributed by atoms with Gasteiger partial charge in [-0.05, 0) is 44.2 Å². The zero-order valence-corrected chi connectivity index (χ0v) is 15.4. The molecule has 2 heterocycles. The predicted octanol–water partition coefficient (Wildman–Crippen LogP) is 4.16. The van der Waals surface area contributed by atoms with Gasteiger partial charge in [0.1, 0.15) is 11.6 Å². The number of ether oxygens (including phenoxy) is 1. The fraction of sp³-hybridized carbons (Fsp3) is 0.455. The van der Waals surface area contributed by atoms with Crippen LogP contribution in [-0.2, 0) is 12.1 Å². The summed E-state index contributed by atoms with van der Waals surface area (Å²) in [6.07, 6.45) is 3.27. The monoisotopic (exact) mass is 355 g/mol. The maximum Gasteiger partial charge on any atom is 0.129 e. The fourth-order valence-electron chi connectivity index (χ4n) is 4.96. The maximum atomic E-state index is 14.3. The summed E-state index contributed by atoms with van der Waals surface area (Å²) >= 11 is 0. The summed E-state index contributed by atoms with van der Waals surface area (Å²) in [5, 5.41) is 11.2. The van der Waals surface area contributed by atoms with Gasteiger partial charge >= 0.3 is 0 Å². The molecule has 2 aromatic rings. The van der Waals surface area contributed by atoms with E-state index in [1.165, 1.54) is 11.6 Å². The van der Waals surface area contributed by atoms with E-state index >= 15 is 0 Å². The first-order valence-corrected chi connectivity index (χ1v) is 9.37. The molecule has 0 amide bonds. The van der Waals surface area contributed by atoms with Crippen LogP contribution in [0, 0.1) is 12.7 Å². The Morgan fingerprint density at radius 2 is 1.81 bits per heavy atom. The molecule has 3 atom stereocenters. The van der Waals surface area contributed by atoms with Crippen LogP contribution in [0.1, 0.15) is 42.4 Å². The highest BCUT2D eigenvalue weighted by Crippen LogP contribution is 2.47. The first-order chi connectivity index (χ1) is 12.5. The number of benzene rings is 2. The van der Waals surface area contributed by atoms with Gasteiger partial charge in [-0.25, -0.2) is 4.39 Å². The molecule has 2 aliphatic rings. The number of aryl methyl sites for hydroxylation is 1. The molecule has 2 aliphatic heterocycles. The van der Waals surface area contributed by atoms with E-state index in [1.807, 2.05) is 6.07 Å². The minimum atomic E-state index is -1.07. The number of piperidine rings is 1. The van der Waals surface area contributed by atoms with Gasteiger partial charge in [-0.2, -0.15) is 0 Å². The molecule has 2 saturated heterocycles. The summed E-state index contributed by atoms with van der Waals surface area (Å²) in [6, 6.07) is 13.4. The number of para-hydroxylation sites is 1. The molecule has 2 fully saturated rings. The quantitative estimate of drug-likeness (QED) is 0.894. The van der Waals surface area contributed by atoms with Crippen LogP contribution < -0.4 is 4.74 Å². The Balaban J connectivity index is 1.58. The van der Waals surface area contributed by atoms with Gasteiger partial charge in [0, 0.05) is 29.8 Å². The standard InChI is InChI=1S/C22H26FNO2/c1-15-6-5-7-16(21(15)26-2)14-24-17-10-11-18(24)13-22(25,12-17)19-8-3-4-9-20(19)23/h3-9,17-18,25H,10-14H2,1-2H3/t17-,18+,22?. The summed E-state index contributed by atoms with van der Waals surface area (Å²) in [7, 11) is 1.72. The first-order valence-electron chi connectivity index (χ1n) is 9.37. The average molecular weight is 355 g/mol. The van der Waals surface area contributed by atoms with E-state index in [0.29, 0.717) is 18.4 Å². The topological polar surface area (TPSA) is 32.7 Å².